The molecule has 0 aromatic heterocycles. The molecule has 0 spiro atoms. The smallest absolute Gasteiger partial charge is 0.226 e. The van der Waals surface area contributed by atoms with Crippen LogP contribution < -0.4 is 0 Å². The Labute approximate surface area is 144 Å². The number of hydrogen-bond acceptors (Lipinski definition) is 2. The highest BCUT2D eigenvalue weighted by molar-refractivity contribution is 9.10. The van der Waals surface area contributed by atoms with Gasteiger partial charge in [-0.15, -0.1) is 0 Å². The third-order valence-corrected chi connectivity index (χ3v) is 5.78. The van der Waals surface area contributed by atoms with Crippen LogP contribution in [0.1, 0.15) is 37.7 Å². The van der Waals surface area contributed by atoms with Crippen molar-refractivity contribution < 1.29 is 9.90 Å². The van der Waals surface area contributed by atoms with Gasteiger partial charge in [-0.3, -0.25) is 4.79 Å². The number of rotatable bonds is 3. The average molecular weight is 387 g/mol. The SMILES string of the molecule is O=C1C(Cc2ccc(Br)cc2Cl)CCN1C1CCC(O)CC1. The second-order valence-electron chi connectivity index (χ2n) is 6.42. The van der Waals surface area contributed by atoms with E-state index in [0.29, 0.717) is 6.04 Å². The Bertz CT molecular complexity index is 558. The molecule has 2 fully saturated rings. The van der Waals surface area contributed by atoms with Crippen molar-refractivity contribution in [2.24, 2.45) is 5.92 Å². The molecule has 1 aromatic carbocycles. The summed E-state index contributed by atoms with van der Waals surface area (Å²) < 4.78 is 0.960. The first kappa shape index (κ1) is 16.3. The largest absolute Gasteiger partial charge is 0.393 e. The summed E-state index contributed by atoms with van der Waals surface area (Å²) in [6.07, 6.45) is 4.94. The quantitative estimate of drug-likeness (QED) is 0.858. The van der Waals surface area contributed by atoms with E-state index in [9.17, 15) is 9.90 Å². The molecule has 1 aliphatic carbocycles. The third kappa shape index (κ3) is 3.50. The van der Waals surface area contributed by atoms with Gasteiger partial charge in [0.2, 0.25) is 5.91 Å². The van der Waals surface area contributed by atoms with E-state index in [1.165, 1.54) is 0 Å². The number of amides is 1. The zero-order valence-corrected chi connectivity index (χ0v) is 14.8. The predicted octanol–water partition coefficient (Wildman–Crippen LogP) is 3.80. The lowest BCUT2D eigenvalue weighted by Gasteiger charge is -2.33. The van der Waals surface area contributed by atoms with E-state index in [2.05, 4.69) is 15.9 Å². The van der Waals surface area contributed by atoms with Crippen LogP contribution in [0.15, 0.2) is 22.7 Å². The molecule has 1 saturated carbocycles. The van der Waals surface area contributed by atoms with Crippen LogP contribution in [0.25, 0.3) is 0 Å². The lowest BCUT2D eigenvalue weighted by Crippen LogP contribution is -2.41. The second kappa shape index (κ2) is 6.90. The van der Waals surface area contributed by atoms with Crippen molar-refractivity contribution in [2.45, 2.75) is 50.7 Å². The molecular weight excluding hydrogens is 366 g/mol. The molecule has 1 aliphatic heterocycles. The topological polar surface area (TPSA) is 40.5 Å². The predicted molar refractivity (Wildman–Crippen MR) is 90.9 cm³/mol. The second-order valence-corrected chi connectivity index (χ2v) is 7.74. The molecule has 120 valence electrons. The number of likely N-dealkylation sites (tertiary alicyclic amines) is 1. The monoisotopic (exact) mass is 385 g/mol. The van der Waals surface area contributed by atoms with Gasteiger partial charge in [-0.05, 0) is 56.2 Å². The highest BCUT2D eigenvalue weighted by Gasteiger charge is 2.37. The molecule has 22 heavy (non-hydrogen) atoms. The van der Waals surface area contributed by atoms with Crippen LogP contribution in [0, 0.1) is 5.92 Å². The van der Waals surface area contributed by atoms with Crippen molar-refractivity contribution in [1.82, 2.24) is 4.90 Å². The Morgan fingerprint density at radius 3 is 2.64 bits per heavy atom. The Morgan fingerprint density at radius 2 is 1.95 bits per heavy atom. The van der Waals surface area contributed by atoms with Crippen molar-refractivity contribution in [3.05, 3.63) is 33.3 Å². The number of hydrogen-bond donors (Lipinski definition) is 1. The summed E-state index contributed by atoms with van der Waals surface area (Å²) in [5.41, 5.74) is 1.05. The highest BCUT2D eigenvalue weighted by atomic mass is 79.9. The molecule has 1 saturated heterocycles. The third-order valence-electron chi connectivity index (χ3n) is 4.94. The molecule has 1 unspecified atom stereocenters. The summed E-state index contributed by atoms with van der Waals surface area (Å²) in [4.78, 5) is 14.7. The molecule has 0 radical (unpaired) electrons. The van der Waals surface area contributed by atoms with E-state index in [4.69, 9.17) is 11.6 Å². The molecule has 3 nitrogen and oxygen atoms in total. The van der Waals surface area contributed by atoms with Gasteiger partial charge in [-0.2, -0.15) is 0 Å². The minimum absolute atomic E-state index is 0.0468. The fourth-order valence-corrected chi connectivity index (χ4v) is 4.39. The number of carbonyl (C=O) groups excluding carboxylic acids is 1. The molecule has 1 heterocycles. The van der Waals surface area contributed by atoms with Crippen LogP contribution in [-0.4, -0.2) is 34.6 Å². The van der Waals surface area contributed by atoms with Crippen LogP contribution in [0.3, 0.4) is 0 Å². The van der Waals surface area contributed by atoms with Gasteiger partial charge in [-0.25, -0.2) is 0 Å². The highest BCUT2D eigenvalue weighted by Crippen LogP contribution is 2.32. The van der Waals surface area contributed by atoms with Crippen molar-refractivity contribution in [2.75, 3.05) is 6.54 Å². The van der Waals surface area contributed by atoms with E-state index in [0.717, 1.165) is 60.1 Å². The first-order valence-corrected chi connectivity index (χ1v) is 9.14. The summed E-state index contributed by atoms with van der Waals surface area (Å²) in [5, 5.41) is 10.3. The van der Waals surface area contributed by atoms with Gasteiger partial charge < -0.3 is 10.0 Å². The van der Waals surface area contributed by atoms with Crippen LogP contribution in [-0.2, 0) is 11.2 Å². The summed E-state index contributed by atoms with van der Waals surface area (Å²) >= 11 is 9.68. The van der Waals surface area contributed by atoms with Gasteiger partial charge in [-0.1, -0.05) is 33.6 Å². The van der Waals surface area contributed by atoms with Gasteiger partial charge >= 0.3 is 0 Å². The number of halogens is 2. The number of carbonyl (C=O) groups is 1. The number of aliphatic hydroxyl groups excluding tert-OH is 1. The molecule has 0 bridgehead atoms. The van der Waals surface area contributed by atoms with Gasteiger partial charge in [0.1, 0.15) is 0 Å². The standard InChI is InChI=1S/C17H21BrClNO2/c18-13-2-1-11(16(19)10-13)9-12-7-8-20(17(12)22)14-3-5-15(21)6-4-14/h1-2,10,12,14-15,21H,3-9H2. The summed E-state index contributed by atoms with van der Waals surface area (Å²) in [7, 11) is 0. The molecule has 1 amide bonds. The van der Waals surface area contributed by atoms with Crippen LogP contribution in [0.4, 0.5) is 0 Å². The molecule has 5 heteroatoms. The molecule has 1 atom stereocenters. The fraction of sp³-hybridized carbons (Fsp3) is 0.588. The van der Waals surface area contributed by atoms with E-state index in [1.54, 1.807) is 0 Å². The lowest BCUT2D eigenvalue weighted by molar-refractivity contribution is -0.133. The van der Waals surface area contributed by atoms with Gasteiger partial charge in [0, 0.05) is 28.0 Å². The summed E-state index contributed by atoms with van der Waals surface area (Å²) in [6, 6.07) is 6.18. The Hall–Kier alpha value is -0.580. The van der Waals surface area contributed by atoms with Gasteiger partial charge in [0.05, 0.1) is 6.10 Å². The Morgan fingerprint density at radius 1 is 1.23 bits per heavy atom. The normalized spacial score (nSPS) is 29.1. The maximum Gasteiger partial charge on any atom is 0.226 e. The van der Waals surface area contributed by atoms with Crippen molar-refractivity contribution in [3.63, 3.8) is 0 Å². The zero-order valence-electron chi connectivity index (χ0n) is 12.5. The van der Waals surface area contributed by atoms with E-state index in [1.807, 2.05) is 23.1 Å². The van der Waals surface area contributed by atoms with E-state index >= 15 is 0 Å². The van der Waals surface area contributed by atoms with E-state index in [-0.39, 0.29) is 17.9 Å². The minimum Gasteiger partial charge on any atom is -0.393 e. The molecule has 3 rings (SSSR count). The van der Waals surface area contributed by atoms with Gasteiger partial charge in [0.15, 0.2) is 0 Å². The summed E-state index contributed by atoms with van der Waals surface area (Å²) in [6.45, 7) is 0.846. The summed E-state index contributed by atoms with van der Waals surface area (Å²) in [5.74, 6) is 0.311. The number of nitrogens with zero attached hydrogens (tertiary/aromatic N) is 1. The maximum atomic E-state index is 12.7. The van der Waals surface area contributed by atoms with Crippen molar-refractivity contribution in [3.8, 4) is 0 Å². The maximum absolute atomic E-state index is 12.7. The van der Waals surface area contributed by atoms with E-state index < -0.39 is 0 Å². The molecule has 2 aliphatic rings. The van der Waals surface area contributed by atoms with Gasteiger partial charge in [0.25, 0.3) is 0 Å². The average Bonchev–Trinajstić information content (AvgIpc) is 2.84. The fourth-order valence-electron chi connectivity index (χ4n) is 3.64. The van der Waals surface area contributed by atoms with Crippen molar-refractivity contribution >= 4 is 33.4 Å². The number of benzene rings is 1. The van der Waals surface area contributed by atoms with Crippen LogP contribution >= 0.6 is 27.5 Å². The molecular formula is C17H21BrClNO2. The van der Waals surface area contributed by atoms with Crippen LogP contribution in [0.2, 0.25) is 5.02 Å². The molecule has 1 aromatic rings. The Balaban J connectivity index is 1.63. The lowest BCUT2D eigenvalue weighted by atomic mass is 9.92. The zero-order chi connectivity index (χ0) is 15.7. The first-order chi connectivity index (χ1) is 10.5. The number of aliphatic hydroxyl groups is 1. The van der Waals surface area contributed by atoms with Crippen LogP contribution in [0.5, 0.6) is 0 Å². The van der Waals surface area contributed by atoms with Crippen molar-refractivity contribution in [1.29, 1.82) is 0 Å². The molecule has 1 N–H and O–H groups in total. The minimum atomic E-state index is -0.175. The first-order valence-electron chi connectivity index (χ1n) is 7.97. The Kier molecular flexibility index (Phi) is 5.10.